The highest BCUT2D eigenvalue weighted by atomic mass is 16.5. The summed E-state index contributed by atoms with van der Waals surface area (Å²) < 4.78 is 5.59. The Morgan fingerprint density at radius 1 is 1.29 bits per heavy atom. The number of rotatable bonds is 0. The number of hydrogen-bond donors (Lipinski definition) is 3. The minimum atomic E-state index is -1.23. The van der Waals surface area contributed by atoms with Crippen molar-refractivity contribution in [2.45, 2.75) is 70.4 Å². The van der Waals surface area contributed by atoms with Crippen molar-refractivity contribution in [2.24, 2.45) is 23.2 Å². The van der Waals surface area contributed by atoms with Crippen molar-refractivity contribution in [3.05, 3.63) is 11.1 Å². The highest BCUT2D eigenvalue weighted by Gasteiger charge is 2.63. The van der Waals surface area contributed by atoms with Crippen LogP contribution in [0, 0.1) is 23.2 Å². The maximum absolute atomic E-state index is 13.3. The predicted octanol–water partition coefficient (Wildman–Crippen LogP) is 1.20. The summed E-state index contributed by atoms with van der Waals surface area (Å²) in [6, 6.07) is 0. The van der Waals surface area contributed by atoms with Gasteiger partial charge in [-0.2, -0.15) is 0 Å². The second-order valence-electron chi connectivity index (χ2n) is 8.71. The van der Waals surface area contributed by atoms with E-state index in [-0.39, 0.29) is 29.6 Å². The molecule has 0 spiro atoms. The van der Waals surface area contributed by atoms with Gasteiger partial charge in [0.05, 0.1) is 29.8 Å². The van der Waals surface area contributed by atoms with Gasteiger partial charge in [-0.3, -0.25) is 4.79 Å². The topological polar surface area (TPSA) is 87.0 Å². The highest BCUT2D eigenvalue weighted by molar-refractivity contribution is 5.92. The third-order valence-corrected chi connectivity index (χ3v) is 7.76. The van der Waals surface area contributed by atoms with Crippen LogP contribution in [-0.2, 0) is 9.53 Å². The lowest BCUT2D eigenvalue weighted by atomic mass is 9.50. The zero-order valence-corrected chi connectivity index (χ0v) is 14.7. The van der Waals surface area contributed by atoms with Gasteiger partial charge in [-0.15, -0.1) is 0 Å². The summed E-state index contributed by atoms with van der Waals surface area (Å²) in [4.78, 5) is 13.3. The number of ether oxygens (including phenoxy) is 1. The zero-order chi connectivity index (χ0) is 17.4. The number of carbonyl (C=O) groups excluding carboxylic acids is 1. The molecule has 0 amide bonds. The lowest BCUT2D eigenvalue weighted by Gasteiger charge is -2.59. The van der Waals surface area contributed by atoms with E-state index in [1.165, 1.54) is 0 Å². The maximum atomic E-state index is 13.3. The second kappa shape index (κ2) is 5.13. The average molecular weight is 336 g/mol. The van der Waals surface area contributed by atoms with E-state index in [0.717, 1.165) is 5.57 Å². The fourth-order valence-electron chi connectivity index (χ4n) is 5.82. The molecule has 0 radical (unpaired) electrons. The number of allylic oxidation sites excluding steroid dienone is 1. The normalized spacial score (nSPS) is 54.3. The number of aliphatic hydroxyl groups excluding tert-OH is 2. The van der Waals surface area contributed by atoms with E-state index in [4.69, 9.17) is 4.74 Å². The Labute approximate surface area is 142 Å². The number of hydrogen-bond acceptors (Lipinski definition) is 5. The first kappa shape index (κ1) is 16.7. The quantitative estimate of drug-likeness (QED) is 0.579. The monoisotopic (exact) mass is 336 g/mol. The van der Waals surface area contributed by atoms with Crippen LogP contribution >= 0.6 is 0 Å². The molecule has 2 saturated carbocycles. The molecule has 5 nitrogen and oxygen atoms in total. The van der Waals surface area contributed by atoms with Crippen molar-refractivity contribution < 1.29 is 24.9 Å². The molecule has 4 rings (SSSR count). The molecule has 1 aliphatic heterocycles. The minimum absolute atomic E-state index is 0.0262. The Bertz CT molecular complexity index is 613. The third-order valence-electron chi connectivity index (χ3n) is 7.76. The van der Waals surface area contributed by atoms with Gasteiger partial charge in [0.2, 0.25) is 0 Å². The van der Waals surface area contributed by atoms with Crippen LogP contribution in [0.15, 0.2) is 11.1 Å². The first-order valence-corrected chi connectivity index (χ1v) is 9.14. The van der Waals surface area contributed by atoms with Crippen molar-refractivity contribution in [2.75, 3.05) is 6.61 Å². The van der Waals surface area contributed by atoms with E-state index in [1.54, 1.807) is 6.92 Å². The summed E-state index contributed by atoms with van der Waals surface area (Å²) >= 11 is 0. The molecule has 8 unspecified atom stereocenters. The number of fused-ring (bicyclic) bond motifs is 5. The molecule has 3 aliphatic carbocycles. The highest BCUT2D eigenvalue weighted by Crippen LogP contribution is 2.57. The van der Waals surface area contributed by atoms with E-state index < -0.39 is 23.2 Å². The van der Waals surface area contributed by atoms with E-state index in [1.807, 2.05) is 13.8 Å². The lowest BCUT2D eigenvalue weighted by molar-refractivity contribution is -0.237. The fourth-order valence-corrected chi connectivity index (χ4v) is 5.82. The van der Waals surface area contributed by atoms with Crippen LogP contribution in [0.2, 0.25) is 0 Å². The number of Topliss-reactive ketones (excluding diaryl/α,β-unsaturated/α-hetero) is 1. The fraction of sp³-hybridized carbons (Fsp3) is 0.842. The first-order valence-electron chi connectivity index (χ1n) is 9.14. The number of ketones is 1. The zero-order valence-electron chi connectivity index (χ0n) is 14.7. The van der Waals surface area contributed by atoms with Crippen LogP contribution in [-0.4, -0.2) is 51.6 Å². The lowest BCUT2D eigenvalue weighted by Crippen LogP contribution is -2.67. The van der Waals surface area contributed by atoms with Crippen molar-refractivity contribution in [3.63, 3.8) is 0 Å². The Morgan fingerprint density at radius 3 is 2.62 bits per heavy atom. The van der Waals surface area contributed by atoms with E-state index >= 15 is 0 Å². The molecule has 24 heavy (non-hydrogen) atoms. The molecule has 3 N–H and O–H groups in total. The molecule has 0 aromatic carbocycles. The molecule has 5 heteroatoms. The van der Waals surface area contributed by atoms with Gasteiger partial charge >= 0.3 is 0 Å². The summed E-state index contributed by atoms with van der Waals surface area (Å²) in [5, 5.41) is 33.0. The van der Waals surface area contributed by atoms with Gasteiger partial charge in [0.1, 0.15) is 6.10 Å². The standard InChI is InChI=1S/C19H28O5/c1-9-4-5-19(23)7-12-11-8-24-13(11)6-14(20)18(12,3)17(22)16(21)15(9)10(19)2/h10-14,16,20-21,23H,4-8H2,1-3H3. The number of aliphatic hydroxyl groups is 3. The molecule has 2 bridgehead atoms. The van der Waals surface area contributed by atoms with Crippen molar-refractivity contribution in [3.8, 4) is 0 Å². The molecule has 0 aromatic heterocycles. The average Bonchev–Trinajstić information content (AvgIpc) is 2.51. The first-order chi connectivity index (χ1) is 11.2. The summed E-state index contributed by atoms with van der Waals surface area (Å²) in [7, 11) is 0. The Hall–Kier alpha value is -0.750. The molecular weight excluding hydrogens is 308 g/mol. The SMILES string of the molecule is CC1=C2C(O)C(=O)C3(C)C(O)CC4OCC4C3CC(O)(CC1)C2C. The summed E-state index contributed by atoms with van der Waals surface area (Å²) in [5.74, 6) is -0.502. The van der Waals surface area contributed by atoms with Crippen molar-refractivity contribution in [1.29, 1.82) is 0 Å². The molecule has 3 fully saturated rings. The smallest absolute Gasteiger partial charge is 0.174 e. The van der Waals surface area contributed by atoms with E-state index in [0.29, 0.717) is 37.9 Å². The van der Waals surface area contributed by atoms with Crippen molar-refractivity contribution >= 4 is 5.78 Å². The molecule has 4 aliphatic rings. The second-order valence-corrected chi connectivity index (χ2v) is 8.71. The van der Waals surface area contributed by atoms with Gasteiger partial charge in [0, 0.05) is 18.3 Å². The minimum Gasteiger partial charge on any atom is -0.392 e. The summed E-state index contributed by atoms with van der Waals surface area (Å²) in [6.07, 6.45) is 0.171. The molecule has 1 saturated heterocycles. The van der Waals surface area contributed by atoms with Crippen LogP contribution in [0.1, 0.15) is 46.5 Å². The third kappa shape index (κ3) is 1.93. The molecule has 134 valence electrons. The summed E-state index contributed by atoms with van der Waals surface area (Å²) in [5.41, 5.74) is -0.279. The van der Waals surface area contributed by atoms with Gasteiger partial charge in [0.15, 0.2) is 5.78 Å². The van der Waals surface area contributed by atoms with Crippen molar-refractivity contribution in [1.82, 2.24) is 0 Å². The molecule has 8 atom stereocenters. The predicted molar refractivity (Wildman–Crippen MR) is 87.1 cm³/mol. The Morgan fingerprint density at radius 2 is 2.00 bits per heavy atom. The van der Waals surface area contributed by atoms with Gasteiger partial charge in [0.25, 0.3) is 0 Å². The van der Waals surface area contributed by atoms with Crippen LogP contribution in [0.3, 0.4) is 0 Å². The van der Waals surface area contributed by atoms with Gasteiger partial charge in [-0.05, 0) is 44.6 Å². The van der Waals surface area contributed by atoms with Crippen LogP contribution in [0.4, 0.5) is 0 Å². The molecular formula is C19H28O5. The molecule has 1 heterocycles. The largest absolute Gasteiger partial charge is 0.392 e. The van der Waals surface area contributed by atoms with E-state index in [9.17, 15) is 20.1 Å². The van der Waals surface area contributed by atoms with Crippen LogP contribution in [0.25, 0.3) is 0 Å². The Kier molecular flexibility index (Phi) is 3.57. The summed E-state index contributed by atoms with van der Waals surface area (Å²) in [6.45, 7) is 6.22. The van der Waals surface area contributed by atoms with Gasteiger partial charge in [-0.1, -0.05) is 12.5 Å². The van der Waals surface area contributed by atoms with Crippen LogP contribution in [0.5, 0.6) is 0 Å². The van der Waals surface area contributed by atoms with Gasteiger partial charge < -0.3 is 20.1 Å². The number of carbonyl (C=O) groups is 1. The van der Waals surface area contributed by atoms with E-state index in [2.05, 4.69) is 0 Å². The van der Waals surface area contributed by atoms with Gasteiger partial charge in [-0.25, -0.2) is 0 Å². The Balaban J connectivity index is 1.86. The van der Waals surface area contributed by atoms with Crippen LogP contribution < -0.4 is 0 Å². The maximum Gasteiger partial charge on any atom is 0.174 e. The molecule has 0 aromatic rings.